The Morgan fingerprint density at radius 3 is 0.350 bits per heavy atom. The molecule has 0 bridgehead atoms. The van der Waals surface area contributed by atoms with E-state index in [0.29, 0.717) is 0 Å². The standard InChI is InChI=1S/3CHNO.11CH4/c3*2-1-3;;;;;;;;;;;/h3*2H;11*1H4. The van der Waals surface area contributed by atoms with Gasteiger partial charge in [0.2, 0.25) is 18.2 Å². The highest BCUT2D eigenvalue weighted by atomic mass is 16.1. The van der Waals surface area contributed by atoms with Crippen molar-refractivity contribution in [3.05, 3.63) is 0 Å². The molecule has 0 heterocycles. The lowest BCUT2D eigenvalue weighted by Gasteiger charge is -1.02. The van der Waals surface area contributed by atoms with Crippen LogP contribution in [0.15, 0.2) is 0 Å². The van der Waals surface area contributed by atoms with Crippen molar-refractivity contribution in [2.24, 2.45) is 0 Å². The van der Waals surface area contributed by atoms with Crippen molar-refractivity contribution < 1.29 is 14.4 Å². The lowest BCUT2D eigenvalue weighted by atomic mass is 11.7. The van der Waals surface area contributed by atoms with Gasteiger partial charge in [0.05, 0.1) is 0 Å². The fourth-order valence-electron chi connectivity index (χ4n) is 0. The SMILES string of the molecule is C.C.C.C.C.C.C.C.C.C.C.N=C=O.N=C=O.N=C=O. The van der Waals surface area contributed by atoms with E-state index < -0.39 is 0 Å². The summed E-state index contributed by atoms with van der Waals surface area (Å²) in [6.07, 6.45) is 2.25. The van der Waals surface area contributed by atoms with E-state index in [0.717, 1.165) is 18.2 Å². The zero-order valence-corrected chi connectivity index (χ0v) is 4.22. The zero-order chi connectivity index (χ0) is 8.12. The number of isocyanates is 3. The third-order valence-corrected chi connectivity index (χ3v) is 0. The third kappa shape index (κ3) is 1070. The van der Waals surface area contributed by atoms with Gasteiger partial charge in [-0.15, -0.1) is 0 Å². The average molecular weight is 306 g/mol. The van der Waals surface area contributed by atoms with Gasteiger partial charge < -0.3 is 0 Å². The average Bonchev–Trinajstić information content (AvgIpc) is 1.70. The molecule has 0 aliphatic carbocycles. The number of nitrogens with one attached hydrogen (secondary N) is 3. The van der Waals surface area contributed by atoms with E-state index in [9.17, 15) is 0 Å². The van der Waals surface area contributed by atoms with Crippen LogP contribution in [-0.4, -0.2) is 18.2 Å². The number of rotatable bonds is 0. The maximum Gasteiger partial charge on any atom is 0.231 e. The van der Waals surface area contributed by atoms with Crippen LogP contribution in [0.5, 0.6) is 0 Å². The molecule has 0 aromatic carbocycles. The molecule has 0 saturated carbocycles. The molecule has 0 rings (SSSR count). The molecule has 136 valence electrons. The van der Waals surface area contributed by atoms with Gasteiger partial charge in [0.15, 0.2) is 0 Å². The fraction of sp³-hybridized carbons (Fsp3) is 0.786. The lowest BCUT2D eigenvalue weighted by molar-refractivity contribution is 0.562. The van der Waals surface area contributed by atoms with Crippen molar-refractivity contribution in [3.8, 4) is 0 Å². The molecule has 6 heteroatoms. The van der Waals surface area contributed by atoms with Crippen molar-refractivity contribution in [3.63, 3.8) is 0 Å². The number of hydrogen-bond acceptors (Lipinski definition) is 6. The normalized spacial score (nSPS) is 1.20. The minimum absolute atomic E-state index is 0. The first-order valence-corrected chi connectivity index (χ1v) is 1.36. The van der Waals surface area contributed by atoms with Crippen LogP contribution < -0.4 is 0 Å². The van der Waals surface area contributed by atoms with Crippen molar-refractivity contribution in [1.29, 1.82) is 16.2 Å². The van der Waals surface area contributed by atoms with E-state index in [1.807, 2.05) is 0 Å². The van der Waals surface area contributed by atoms with Crippen LogP contribution in [0.25, 0.3) is 0 Å². The van der Waals surface area contributed by atoms with Crippen LogP contribution in [0.2, 0.25) is 0 Å². The summed E-state index contributed by atoms with van der Waals surface area (Å²) in [5.74, 6) is 0. The van der Waals surface area contributed by atoms with Crippen LogP contribution in [0.4, 0.5) is 0 Å². The Hall–Kier alpha value is -1.86. The minimum Gasteiger partial charge on any atom is -0.222 e. The Morgan fingerprint density at radius 2 is 0.350 bits per heavy atom. The molecule has 0 amide bonds. The van der Waals surface area contributed by atoms with Crippen molar-refractivity contribution in [2.75, 3.05) is 0 Å². The van der Waals surface area contributed by atoms with Gasteiger partial charge in [-0.2, -0.15) is 0 Å². The fourth-order valence-corrected chi connectivity index (χ4v) is 0. The van der Waals surface area contributed by atoms with Gasteiger partial charge in [-0.05, 0) is 0 Å². The minimum atomic E-state index is 0. The van der Waals surface area contributed by atoms with Crippen LogP contribution in [0.3, 0.4) is 0 Å². The van der Waals surface area contributed by atoms with Gasteiger partial charge in [-0.25, -0.2) is 30.6 Å². The highest BCUT2D eigenvalue weighted by Crippen LogP contribution is 0.874. The van der Waals surface area contributed by atoms with Crippen molar-refractivity contribution in [2.45, 2.75) is 81.7 Å². The molecule has 0 aromatic heterocycles. The van der Waals surface area contributed by atoms with Crippen LogP contribution in [-0.2, 0) is 14.4 Å². The molecule has 0 radical (unpaired) electrons. The maximum absolute atomic E-state index is 8.35. The molecule has 3 N–H and O–H groups in total. The van der Waals surface area contributed by atoms with E-state index >= 15 is 0 Å². The van der Waals surface area contributed by atoms with Crippen LogP contribution >= 0.6 is 0 Å². The molecule has 0 aliphatic rings. The van der Waals surface area contributed by atoms with Crippen molar-refractivity contribution >= 4 is 18.2 Å². The van der Waals surface area contributed by atoms with Gasteiger partial charge in [-0.3, -0.25) is 0 Å². The van der Waals surface area contributed by atoms with E-state index in [-0.39, 0.29) is 81.7 Å². The second-order valence-corrected chi connectivity index (χ2v) is 0.306. The van der Waals surface area contributed by atoms with E-state index in [4.69, 9.17) is 30.6 Å². The second-order valence-electron chi connectivity index (χ2n) is 0.306. The molecule has 6 nitrogen and oxygen atoms in total. The Morgan fingerprint density at radius 1 is 0.350 bits per heavy atom. The van der Waals surface area contributed by atoms with Gasteiger partial charge in [0.25, 0.3) is 0 Å². The Labute approximate surface area is 131 Å². The highest BCUT2D eigenvalue weighted by Gasteiger charge is 1.04. The van der Waals surface area contributed by atoms with E-state index in [2.05, 4.69) is 0 Å². The second kappa shape index (κ2) is 3440. The predicted octanol–water partition coefficient (Wildman–Crippen LogP) is 6.70. The quantitative estimate of drug-likeness (QED) is 0.340. The molecule has 0 aromatic rings. The van der Waals surface area contributed by atoms with Gasteiger partial charge in [0, 0.05) is 0 Å². The summed E-state index contributed by atoms with van der Waals surface area (Å²) in [5.41, 5.74) is 0. The summed E-state index contributed by atoms with van der Waals surface area (Å²) in [5, 5.41) is 16.2. The van der Waals surface area contributed by atoms with Crippen LogP contribution in [0.1, 0.15) is 81.7 Å². The monoisotopic (exact) mass is 305 g/mol. The maximum atomic E-state index is 8.35. The van der Waals surface area contributed by atoms with Gasteiger partial charge >= 0.3 is 0 Å². The Bertz CT molecular complexity index is 115. The smallest absolute Gasteiger partial charge is 0.222 e. The molecule has 0 saturated heterocycles. The summed E-state index contributed by atoms with van der Waals surface area (Å²) < 4.78 is 0. The number of carbonyl (C=O) groups excluding carboxylic acids is 3. The summed E-state index contributed by atoms with van der Waals surface area (Å²) in [4.78, 5) is 25.0. The summed E-state index contributed by atoms with van der Waals surface area (Å²) in [6, 6.07) is 0. The molecule has 0 aliphatic heterocycles. The molecule has 0 unspecified atom stereocenters. The first-order valence-electron chi connectivity index (χ1n) is 1.36. The lowest BCUT2D eigenvalue weighted by Crippen LogP contribution is -1.16. The molecule has 0 spiro atoms. The number of hydrogen-bond donors (Lipinski definition) is 3. The van der Waals surface area contributed by atoms with Gasteiger partial charge in [0.1, 0.15) is 0 Å². The molecular weight excluding hydrogens is 258 g/mol. The molecule has 0 fully saturated rings. The third-order valence-electron chi connectivity index (χ3n) is 0. The van der Waals surface area contributed by atoms with Gasteiger partial charge in [-0.1, -0.05) is 81.7 Å². The summed E-state index contributed by atoms with van der Waals surface area (Å²) >= 11 is 0. The van der Waals surface area contributed by atoms with Crippen molar-refractivity contribution in [1.82, 2.24) is 0 Å². The first-order chi connectivity index (χ1) is 4.24. The Balaban J connectivity index is -0.00000000176. The topological polar surface area (TPSA) is 123 Å². The Kier molecular flexibility index (Phi) is 53400. The van der Waals surface area contributed by atoms with E-state index in [1.54, 1.807) is 0 Å². The molecule has 0 atom stereocenters. The zero-order valence-electron chi connectivity index (χ0n) is 4.22. The molecular formula is C14H47N3O3. The first kappa shape index (κ1) is 311. The van der Waals surface area contributed by atoms with Crippen LogP contribution in [0, 0.1) is 16.2 Å². The summed E-state index contributed by atoms with van der Waals surface area (Å²) in [7, 11) is 0. The van der Waals surface area contributed by atoms with E-state index in [1.165, 1.54) is 0 Å². The summed E-state index contributed by atoms with van der Waals surface area (Å²) in [6.45, 7) is 0. The largest absolute Gasteiger partial charge is 0.231 e. The molecule has 20 heavy (non-hydrogen) atoms. The highest BCUT2D eigenvalue weighted by molar-refractivity contribution is 5.26. The predicted molar refractivity (Wildman–Crippen MR) is 99.3 cm³/mol.